The predicted molar refractivity (Wildman–Crippen MR) is 90.4 cm³/mol. The van der Waals surface area contributed by atoms with E-state index in [1.54, 1.807) is 0 Å². The first-order valence-corrected chi connectivity index (χ1v) is 8.09. The van der Waals surface area contributed by atoms with Crippen LogP contribution >= 0.6 is 24.8 Å². The first kappa shape index (κ1) is 18.5. The van der Waals surface area contributed by atoms with Crippen LogP contribution in [0.3, 0.4) is 0 Å². The molecular formula is C15H31Cl2N3. The Kier molecular flexibility index (Phi) is 8.77. The van der Waals surface area contributed by atoms with Gasteiger partial charge in [-0.05, 0) is 57.7 Å². The SMILES string of the molecule is C1CC(N2CCN(CCC3CCNCC3)CC2)C1.Cl.Cl. The standard InChI is InChI=1S/C15H29N3.2ClH/c1-2-15(3-1)18-12-10-17(11-13-18)9-6-14-4-7-16-8-5-14;;/h14-16H,1-13H2;2*1H. The largest absolute Gasteiger partial charge is 0.317 e. The number of hydrogen-bond acceptors (Lipinski definition) is 3. The highest BCUT2D eigenvalue weighted by Crippen LogP contribution is 2.25. The van der Waals surface area contributed by atoms with E-state index in [1.165, 1.54) is 84.3 Å². The molecule has 0 spiro atoms. The topological polar surface area (TPSA) is 18.5 Å². The van der Waals surface area contributed by atoms with Crippen LogP contribution in [0.2, 0.25) is 0 Å². The Balaban J connectivity index is 0.000001000. The molecule has 0 amide bonds. The molecule has 1 aliphatic carbocycles. The van der Waals surface area contributed by atoms with E-state index in [2.05, 4.69) is 15.1 Å². The third kappa shape index (κ3) is 5.03. The minimum Gasteiger partial charge on any atom is -0.317 e. The molecule has 0 atom stereocenters. The third-order valence-electron chi connectivity index (χ3n) is 5.31. The lowest BCUT2D eigenvalue weighted by molar-refractivity contribution is 0.0588. The molecule has 2 saturated heterocycles. The van der Waals surface area contributed by atoms with E-state index >= 15 is 0 Å². The minimum absolute atomic E-state index is 0. The predicted octanol–water partition coefficient (Wildman–Crippen LogP) is 2.39. The van der Waals surface area contributed by atoms with Gasteiger partial charge in [0.2, 0.25) is 0 Å². The van der Waals surface area contributed by atoms with Crippen molar-refractivity contribution in [1.82, 2.24) is 15.1 Å². The Labute approximate surface area is 136 Å². The van der Waals surface area contributed by atoms with Gasteiger partial charge < -0.3 is 10.2 Å². The molecule has 0 bridgehead atoms. The first-order chi connectivity index (χ1) is 8.92. The van der Waals surface area contributed by atoms with Crippen LogP contribution in [0.1, 0.15) is 38.5 Å². The van der Waals surface area contributed by atoms with Crippen LogP contribution in [0, 0.1) is 5.92 Å². The Hall–Kier alpha value is 0.460. The maximum atomic E-state index is 3.46. The van der Waals surface area contributed by atoms with Crippen molar-refractivity contribution in [3.8, 4) is 0 Å². The van der Waals surface area contributed by atoms with Crippen LogP contribution < -0.4 is 5.32 Å². The summed E-state index contributed by atoms with van der Waals surface area (Å²) in [4.78, 5) is 5.45. The van der Waals surface area contributed by atoms with Crippen molar-refractivity contribution >= 4 is 24.8 Å². The van der Waals surface area contributed by atoms with Crippen molar-refractivity contribution in [1.29, 1.82) is 0 Å². The van der Waals surface area contributed by atoms with Gasteiger partial charge >= 0.3 is 0 Å². The normalized spacial score (nSPS) is 26.4. The minimum atomic E-state index is 0. The van der Waals surface area contributed by atoms with Crippen LogP contribution in [-0.4, -0.2) is 61.7 Å². The summed E-state index contributed by atoms with van der Waals surface area (Å²) in [7, 11) is 0. The summed E-state index contributed by atoms with van der Waals surface area (Å²) in [6.07, 6.45) is 8.65. The maximum absolute atomic E-state index is 3.46. The zero-order valence-corrected chi connectivity index (χ0v) is 14.2. The van der Waals surface area contributed by atoms with E-state index < -0.39 is 0 Å². The number of halogens is 2. The highest BCUT2D eigenvalue weighted by atomic mass is 35.5. The van der Waals surface area contributed by atoms with Crippen LogP contribution in [0.15, 0.2) is 0 Å². The number of piperidine rings is 1. The lowest BCUT2D eigenvalue weighted by Crippen LogP contribution is -2.52. The fourth-order valence-electron chi connectivity index (χ4n) is 3.64. The zero-order valence-electron chi connectivity index (χ0n) is 12.6. The number of nitrogens with one attached hydrogen (secondary N) is 1. The van der Waals surface area contributed by atoms with Crippen molar-refractivity contribution in [2.45, 2.75) is 44.6 Å². The van der Waals surface area contributed by atoms with Gasteiger partial charge in [-0.25, -0.2) is 0 Å². The number of piperazine rings is 1. The van der Waals surface area contributed by atoms with Gasteiger partial charge in [-0.2, -0.15) is 0 Å². The monoisotopic (exact) mass is 323 g/mol. The number of rotatable bonds is 4. The van der Waals surface area contributed by atoms with Crippen molar-refractivity contribution in [2.24, 2.45) is 5.92 Å². The van der Waals surface area contributed by atoms with Crippen molar-refractivity contribution in [3.05, 3.63) is 0 Å². The van der Waals surface area contributed by atoms with Gasteiger partial charge in [0, 0.05) is 32.2 Å². The fraction of sp³-hybridized carbons (Fsp3) is 1.00. The molecular weight excluding hydrogens is 293 g/mol. The number of nitrogens with zero attached hydrogens (tertiary/aromatic N) is 2. The van der Waals surface area contributed by atoms with Gasteiger partial charge in [0.15, 0.2) is 0 Å². The van der Waals surface area contributed by atoms with E-state index in [4.69, 9.17) is 0 Å². The Morgan fingerprint density at radius 3 is 2.05 bits per heavy atom. The van der Waals surface area contributed by atoms with Crippen LogP contribution in [0.4, 0.5) is 0 Å². The van der Waals surface area contributed by atoms with Gasteiger partial charge in [-0.1, -0.05) is 6.42 Å². The summed E-state index contributed by atoms with van der Waals surface area (Å²) in [6, 6.07) is 0.955. The molecule has 2 heterocycles. The van der Waals surface area contributed by atoms with Crippen LogP contribution in [-0.2, 0) is 0 Å². The molecule has 0 unspecified atom stereocenters. The molecule has 3 fully saturated rings. The summed E-state index contributed by atoms with van der Waals surface area (Å²) in [5.74, 6) is 0.996. The van der Waals surface area contributed by atoms with Gasteiger partial charge in [0.1, 0.15) is 0 Å². The first-order valence-electron chi connectivity index (χ1n) is 8.09. The smallest absolute Gasteiger partial charge is 0.0113 e. The van der Waals surface area contributed by atoms with Gasteiger partial charge in [0.05, 0.1) is 0 Å². The van der Waals surface area contributed by atoms with E-state index in [1.807, 2.05) is 0 Å². The van der Waals surface area contributed by atoms with E-state index in [9.17, 15) is 0 Å². The molecule has 0 aromatic heterocycles. The van der Waals surface area contributed by atoms with E-state index in [0.717, 1.165) is 12.0 Å². The van der Waals surface area contributed by atoms with Crippen LogP contribution in [0.25, 0.3) is 0 Å². The van der Waals surface area contributed by atoms with Crippen molar-refractivity contribution < 1.29 is 0 Å². The second kappa shape index (κ2) is 9.47. The summed E-state index contributed by atoms with van der Waals surface area (Å²) in [5.41, 5.74) is 0. The highest BCUT2D eigenvalue weighted by Gasteiger charge is 2.27. The summed E-state index contributed by atoms with van der Waals surface area (Å²) in [6.45, 7) is 9.15. The van der Waals surface area contributed by atoms with Crippen molar-refractivity contribution in [3.63, 3.8) is 0 Å². The second-order valence-corrected chi connectivity index (χ2v) is 6.44. The molecule has 20 heavy (non-hydrogen) atoms. The Bertz CT molecular complexity index is 248. The molecule has 120 valence electrons. The average molecular weight is 324 g/mol. The molecule has 3 nitrogen and oxygen atoms in total. The number of hydrogen-bond donors (Lipinski definition) is 1. The molecule has 0 radical (unpaired) electrons. The molecule has 2 aliphatic heterocycles. The van der Waals surface area contributed by atoms with E-state index in [-0.39, 0.29) is 24.8 Å². The lowest BCUT2D eigenvalue weighted by atomic mass is 9.91. The molecule has 0 aromatic carbocycles. The summed E-state index contributed by atoms with van der Waals surface area (Å²) >= 11 is 0. The lowest BCUT2D eigenvalue weighted by Gasteiger charge is -2.43. The van der Waals surface area contributed by atoms with Gasteiger partial charge in [0.25, 0.3) is 0 Å². The Morgan fingerprint density at radius 1 is 0.850 bits per heavy atom. The molecule has 5 heteroatoms. The van der Waals surface area contributed by atoms with Gasteiger partial charge in [-0.15, -0.1) is 24.8 Å². The third-order valence-corrected chi connectivity index (χ3v) is 5.31. The zero-order chi connectivity index (χ0) is 12.2. The molecule has 0 aromatic rings. The summed E-state index contributed by atoms with van der Waals surface area (Å²) in [5, 5.41) is 3.46. The molecule has 1 N–H and O–H groups in total. The van der Waals surface area contributed by atoms with Crippen molar-refractivity contribution in [2.75, 3.05) is 45.8 Å². The fourth-order valence-corrected chi connectivity index (χ4v) is 3.64. The summed E-state index contributed by atoms with van der Waals surface area (Å²) < 4.78 is 0. The Morgan fingerprint density at radius 2 is 1.50 bits per heavy atom. The second-order valence-electron chi connectivity index (χ2n) is 6.44. The quantitative estimate of drug-likeness (QED) is 0.857. The van der Waals surface area contributed by atoms with Gasteiger partial charge in [-0.3, -0.25) is 4.90 Å². The molecule has 1 saturated carbocycles. The maximum Gasteiger partial charge on any atom is 0.0113 e. The molecule has 3 rings (SSSR count). The highest BCUT2D eigenvalue weighted by molar-refractivity contribution is 5.85. The molecule has 3 aliphatic rings. The van der Waals surface area contributed by atoms with Crippen LogP contribution in [0.5, 0.6) is 0 Å². The van der Waals surface area contributed by atoms with E-state index in [0.29, 0.717) is 0 Å². The average Bonchev–Trinajstić information content (AvgIpc) is 2.37.